The second-order valence-electron chi connectivity index (χ2n) is 10.9. The Kier molecular flexibility index (Phi) is 9.31. The van der Waals surface area contributed by atoms with Crippen molar-refractivity contribution in [1.29, 1.82) is 0 Å². The molecule has 0 saturated carbocycles. The number of amides is 1. The summed E-state index contributed by atoms with van der Waals surface area (Å²) in [6, 6.07) is 21.6. The first-order chi connectivity index (χ1) is 18.3. The zero-order valence-electron chi connectivity index (χ0n) is 23.3. The quantitative estimate of drug-likeness (QED) is 0.363. The van der Waals surface area contributed by atoms with Gasteiger partial charge in [-0.25, -0.2) is 4.39 Å². The van der Waals surface area contributed by atoms with E-state index in [2.05, 4.69) is 61.6 Å². The maximum Gasteiger partial charge on any atom is 0.251 e. The Bertz CT molecular complexity index is 1240. The number of quaternary nitrogens is 1. The van der Waals surface area contributed by atoms with Crippen LogP contribution in [-0.2, 0) is 19.6 Å². The summed E-state index contributed by atoms with van der Waals surface area (Å²) in [7, 11) is 2.24. The molecule has 1 saturated heterocycles. The monoisotopic (exact) mass is 517 g/mol. The molecule has 202 valence electrons. The SMILES string of the molecule is CC[N+](C)(CC)Cc1cccc(C(=O)NCc2ccc(F)c(-c3cccc(CN4CCN[C@@H](C)C4)c3)c2)c1. The second-order valence-corrected chi connectivity index (χ2v) is 10.9. The number of rotatable bonds is 10. The van der Waals surface area contributed by atoms with Gasteiger partial charge in [-0.05, 0) is 67.8 Å². The molecule has 3 aromatic carbocycles. The van der Waals surface area contributed by atoms with Gasteiger partial charge in [0.05, 0.1) is 20.1 Å². The van der Waals surface area contributed by atoms with E-state index in [0.717, 1.165) is 67.0 Å². The average Bonchev–Trinajstić information content (AvgIpc) is 2.92. The van der Waals surface area contributed by atoms with Crippen molar-refractivity contribution < 1.29 is 13.7 Å². The van der Waals surface area contributed by atoms with E-state index in [1.807, 2.05) is 36.4 Å². The number of halogens is 1. The molecule has 1 aliphatic rings. The van der Waals surface area contributed by atoms with Crippen molar-refractivity contribution in [3.63, 3.8) is 0 Å². The van der Waals surface area contributed by atoms with Gasteiger partial charge < -0.3 is 15.1 Å². The van der Waals surface area contributed by atoms with Crippen LogP contribution in [0.2, 0.25) is 0 Å². The van der Waals surface area contributed by atoms with Gasteiger partial charge >= 0.3 is 0 Å². The molecule has 0 aliphatic carbocycles. The first kappa shape index (κ1) is 28.0. The van der Waals surface area contributed by atoms with Crippen molar-refractivity contribution in [3.8, 4) is 11.1 Å². The summed E-state index contributed by atoms with van der Waals surface area (Å²) in [6.45, 7) is 13.8. The molecule has 6 heteroatoms. The number of nitrogens with one attached hydrogen (secondary N) is 2. The van der Waals surface area contributed by atoms with E-state index in [1.165, 1.54) is 11.6 Å². The fourth-order valence-corrected chi connectivity index (χ4v) is 5.14. The Balaban J connectivity index is 1.43. The molecule has 38 heavy (non-hydrogen) atoms. The Hall–Kier alpha value is -3.06. The molecule has 1 atom stereocenters. The Morgan fingerprint density at radius 2 is 1.79 bits per heavy atom. The van der Waals surface area contributed by atoms with Crippen LogP contribution in [0.5, 0.6) is 0 Å². The smallest absolute Gasteiger partial charge is 0.251 e. The summed E-state index contributed by atoms with van der Waals surface area (Å²) >= 11 is 0. The Labute approximate surface area is 227 Å². The lowest BCUT2D eigenvalue weighted by molar-refractivity contribution is -0.919. The molecule has 0 aromatic heterocycles. The van der Waals surface area contributed by atoms with Crippen LogP contribution in [0.25, 0.3) is 11.1 Å². The number of carbonyl (C=O) groups is 1. The molecule has 1 fully saturated rings. The molecule has 3 aromatic rings. The highest BCUT2D eigenvalue weighted by Gasteiger charge is 2.19. The predicted molar refractivity (Wildman–Crippen MR) is 153 cm³/mol. The highest BCUT2D eigenvalue weighted by Crippen LogP contribution is 2.26. The van der Waals surface area contributed by atoms with Crippen molar-refractivity contribution in [2.24, 2.45) is 0 Å². The summed E-state index contributed by atoms with van der Waals surface area (Å²) in [6.07, 6.45) is 0. The van der Waals surface area contributed by atoms with E-state index in [4.69, 9.17) is 0 Å². The van der Waals surface area contributed by atoms with Crippen molar-refractivity contribution in [3.05, 3.63) is 94.8 Å². The Morgan fingerprint density at radius 3 is 2.55 bits per heavy atom. The highest BCUT2D eigenvalue weighted by atomic mass is 19.1. The van der Waals surface area contributed by atoms with Crippen molar-refractivity contribution in [2.45, 2.75) is 46.4 Å². The topological polar surface area (TPSA) is 44.4 Å². The summed E-state index contributed by atoms with van der Waals surface area (Å²) in [5.74, 6) is -0.374. The molecule has 0 radical (unpaired) electrons. The van der Waals surface area contributed by atoms with E-state index in [-0.39, 0.29) is 11.7 Å². The molecule has 2 N–H and O–H groups in total. The van der Waals surface area contributed by atoms with Gasteiger partial charge in [0.15, 0.2) is 0 Å². The van der Waals surface area contributed by atoms with Gasteiger partial charge in [0.2, 0.25) is 0 Å². The van der Waals surface area contributed by atoms with Gasteiger partial charge in [-0.2, -0.15) is 0 Å². The third kappa shape index (κ3) is 7.28. The lowest BCUT2D eigenvalue weighted by Crippen LogP contribution is -2.48. The summed E-state index contributed by atoms with van der Waals surface area (Å²) < 4.78 is 15.8. The number of carbonyl (C=O) groups excluding carboxylic acids is 1. The molecule has 0 unspecified atom stereocenters. The van der Waals surface area contributed by atoms with E-state index in [9.17, 15) is 9.18 Å². The molecule has 1 amide bonds. The number of piperazine rings is 1. The van der Waals surface area contributed by atoms with Crippen LogP contribution in [0.15, 0.2) is 66.7 Å². The Morgan fingerprint density at radius 1 is 1.03 bits per heavy atom. The molecule has 4 rings (SSSR count). The number of nitrogens with zero attached hydrogens (tertiary/aromatic N) is 2. The molecule has 5 nitrogen and oxygen atoms in total. The van der Waals surface area contributed by atoms with Crippen LogP contribution in [0.1, 0.15) is 47.8 Å². The minimum atomic E-state index is -0.256. The molecule has 0 bridgehead atoms. The number of hydrogen-bond acceptors (Lipinski definition) is 3. The summed E-state index contributed by atoms with van der Waals surface area (Å²) in [5.41, 5.74) is 5.27. The standard InChI is InChI=1S/C32H41FN4O/c1-5-37(4,6-2)23-27-10-8-12-29(18-27)32(38)35-20-25-13-14-31(33)30(19-25)28-11-7-9-26(17-28)22-36-16-15-34-24(3)21-36/h7-14,17-19,24,34H,5-6,15-16,20-23H2,1-4H3/p+1/t24-/m0/s1. The van der Waals surface area contributed by atoms with Crippen LogP contribution in [0.4, 0.5) is 4.39 Å². The fraction of sp³-hybridized carbons (Fsp3) is 0.406. The van der Waals surface area contributed by atoms with Crippen molar-refractivity contribution >= 4 is 5.91 Å². The molecule has 1 aliphatic heterocycles. The largest absolute Gasteiger partial charge is 0.348 e. The van der Waals surface area contributed by atoms with Gasteiger partial charge in [0.25, 0.3) is 5.91 Å². The third-order valence-electron chi connectivity index (χ3n) is 7.86. The average molecular weight is 518 g/mol. The number of hydrogen-bond donors (Lipinski definition) is 2. The summed E-state index contributed by atoms with van der Waals surface area (Å²) in [4.78, 5) is 15.4. The highest BCUT2D eigenvalue weighted by molar-refractivity contribution is 5.94. The van der Waals surface area contributed by atoms with E-state index >= 15 is 0 Å². The van der Waals surface area contributed by atoms with Gasteiger partial charge in [0, 0.05) is 55.5 Å². The fourth-order valence-electron chi connectivity index (χ4n) is 5.14. The lowest BCUT2D eigenvalue weighted by Gasteiger charge is -2.32. The van der Waals surface area contributed by atoms with Gasteiger partial charge in [-0.15, -0.1) is 0 Å². The first-order valence-electron chi connectivity index (χ1n) is 13.8. The normalized spacial score (nSPS) is 16.4. The maximum atomic E-state index is 14.9. The summed E-state index contributed by atoms with van der Waals surface area (Å²) in [5, 5.41) is 6.50. The van der Waals surface area contributed by atoms with Gasteiger partial charge in [0.1, 0.15) is 12.4 Å². The third-order valence-corrected chi connectivity index (χ3v) is 7.86. The minimum Gasteiger partial charge on any atom is -0.348 e. The van der Waals surface area contributed by atoms with E-state index < -0.39 is 0 Å². The zero-order valence-corrected chi connectivity index (χ0v) is 23.3. The van der Waals surface area contributed by atoms with E-state index in [0.29, 0.717) is 23.7 Å². The van der Waals surface area contributed by atoms with Crippen LogP contribution in [0.3, 0.4) is 0 Å². The molecule has 1 heterocycles. The molecular formula is C32H42FN4O+. The second kappa shape index (κ2) is 12.7. The van der Waals surface area contributed by atoms with Crippen molar-refractivity contribution in [1.82, 2.24) is 15.5 Å². The van der Waals surface area contributed by atoms with Crippen LogP contribution < -0.4 is 10.6 Å². The van der Waals surface area contributed by atoms with E-state index in [1.54, 1.807) is 6.07 Å². The zero-order chi connectivity index (χ0) is 27.1. The maximum absolute atomic E-state index is 14.9. The first-order valence-corrected chi connectivity index (χ1v) is 13.8. The minimum absolute atomic E-state index is 0.118. The van der Waals surface area contributed by atoms with Gasteiger partial charge in [-0.1, -0.05) is 36.4 Å². The van der Waals surface area contributed by atoms with Crippen LogP contribution >= 0.6 is 0 Å². The van der Waals surface area contributed by atoms with Crippen LogP contribution in [0, 0.1) is 5.82 Å². The number of benzene rings is 3. The van der Waals surface area contributed by atoms with Crippen molar-refractivity contribution in [2.75, 3.05) is 39.8 Å². The molecular weight excluding hydrogens is 475 g/mol. The lowest BCUT2D eigenvalue weighted by atomic mass is 10.00. The van der Waals surface area contributed by atoms with Gasteiger partial charge in [-0.3, -0.25) is 9.69 Å². The predicted octanol–water partition coefficient (Wildman–Crippen LogP) is 5.20. The van der Waals surface area contributed by atoms with Crippen LogP contribution in [-0.4, -0.2) is 61.1 Å². The molecule has 0 spiro atoms.